The summed E-state index contributed by atoms with van der Waals surface area (Å²) in [5, 5.41) is 21.6. The highest BCUT2D eigenvalue weighted by atomic mass is 32.2. The Morgan fingerprint density at radius 1 is 0.427 bits per heavy atom. The fourth-order valence-electron chi connectivity index (χ4n) is 11.6. The number of aryl methyl sites for hydroxylation is 2. The van der Waals surface area contributed by atoms with Gasteiger partial charge in [0.2, 0.25) is 17.2 Å². The van der Waals surface area contributed by atoms with Crippen LogP contribution < -0.4 is 91.6 Å². The number of azide groups is 1. The van der Waals surface area contributed by atoms with Gasteiger partial charge in [0, 0.05) is 110 Å². The van der Waals surface area contributed by atoms with Gasteiger partial charge in [-0.15, -0.1) is 11.1 Å². The van der Waals surface area contributed by atoms with Gasteiger partial charge in [-0.05, 0) is 191 Å². The van der Waals surface area contributed by atoms with Crippen LogP contribution in [-0.4, -0.2) is 255 Å². The molecule has 0 spiro atoms. The number of H-pyrrole nitrogens is 1. The Morgan fingerprint density at radius 2 is 0.742 bits per heavy atom. The van der Waals surface area contributed by atoms with E-state index in [1.165, 1.54) is 24.3 Å². The molecule has 4 aromatic rings. The number of unbranched alkanes of at least 4 members (excludes halogenated alkanes) is 3. The number of carbonyl (C=O) groups excluding carboxylic acids is 4. The van der Waals surface area contributed by atoms with Crippen LogP contribution in [0.3, 0.4) is 0 Å². The number of nitrogens with two attached hydrogens (primary N) is 1. The van der Waals surface area contributed by atoms with Crippen LogP contribution in [0.25, 0.3) is 10.4 Å². The zero-order chi connectivity index (χ0) is 90.6. The molecule has 45 nitrogen and oxygen atoms in total. The second-order valence-corrected chi connectivity index (χ2v) is 37.3. The maximum atomic E-state index is 13.8. The van der Waals surface area contributed by atoms with E-state index in [-0.39, 0.29) is 188 Å². The van der Waals surface area contributed by atoms with Crippen molar-refractivity contribution in [2.24, 2.45) is 10.8 Å². The van der Waals surface area contributed by atoms with E-state index < -0.39 is 109 Å². The molecule has 0 fully saturated rings. The van der Waals surface area contributed by atoms with Gasteiger partial charge in [0.15, 0.2) is 34.5 Å². The Balaban J connectivity index is 1.07. The predicted molar refractivity (Wildman–Crippen MR) is 453 cm³/mol. The summed E-state index contributed by atoms with van der Waals surface area (Å²) in [5.41, 5.74) is 29.3. The number of hydrogen-bond donors (Lipinski definition) is 15. The zero-order valence-corrected chi connectivity index (χ0v) is 73.8. The Hall–Kier alpha value is -9.70. The smallest absolute Gasteiger partial charge is 0.407 e. The van der Waals surface area contributed by atoms with Gasteiger partial charge in [0.25, 0.3) is 68.3 Å². The summed E-state index contributed by atoms with van der Waals surface area (Å²) in [6, 6.07) is 8.44. The number of nitrogens with zero attached hydrogens (tertiary/aromatic N) is 6. The predicted octanol–water partition coefficient (Wildman–Crippen LogP) is 5.64. The van der Waals surface area contributed by atoms with Crippen LogP contribution in [-0.2, 0) is 68.3 Å². The third-order valence-corrected chi connectivity index (χ3v) is 21.5. The highest BCUT2D eigenvalue weighted by Crippen LogP contribution is 2.43. The van der Waals surface area contributed by atoms with Crippen LogP contribution in [0.2, 0.25) is 0 Å². The summed E-state index contributed by atoms with van der Waals surface area (Å²) in [6.45, 7) is 7.34. The number of alkyl carbamates (subject to hydrolysis) is 1. The first kappa shape index (κ1) is 103. The molecule has 2 aliphatic rings. The van der Waals surface area contributed by atoms with Crippen molar-refractivity contribution in [2.75, 3.05) is 141 Å². The number of ether oxygens (including phenoxy) is 10. The van der Waals surface area contributed by atoms with Crippen LogP contribution >= 0.6 is 0 Å². The molecule has 0 aliphatic carbocycles. The standard InChI is InChI=1S/C74H118N16O29S5/c1-74(2,3)119-73(94)80-27-14-35-117-68-63(112-36-15-41-120(95,96)97)48-56(49-64(68)113-37-16-42-121(98,99)100)71(92)78-25-13-31-90-53-59(83-87-90)21-5-9-34-116-67-61(46-55(70(91)77-24-11-28-81-85-76)47-62(67)111-33-8-6-22-60-54-88(84-60)29-10-23-75)110-32-7-4-20-58-52-89(86-82-58)30-12-26-79-72(93)57-50-65(114-38-17-43-122(101,102)103)69(118-40-19-45-124(107,108)109)66(51-57)115-39-18-44-123(104,105)106/h46-54,82-84,86-87H,4-45,75H2,1-3H3,(H,77,91)(H,78,92)(H,79,93)(H,80,94)(H,95,96,97)(H,98,99,100)(H,101,102,103)(H,104,105,106)(H,107,108,109). The molecule has 3 heterocycles. The molecule has 0 bridgehead atoms. The summed E-state index contributed by atoms with van der Waals surface area (Å²) in [7, 11) is -21.8. The Kier molecular flexibility index (Phi) is 44.0. The van der Waals surface area contributed by atoms with Gasteiger partial charge in [0.1, 0.15) is 5.60 Å². The number of hydrogen-bond acceptors (Lipinski definition) is 32. The summed E-state index contributed by atoms with van der Waals surface area (Å²) >= 11 is 0. The molecule has 124 heavy (non-hydrogen) atoms. The molecule has 4 amide bonds. The third-order valence-electron chi connectivity index (χ3n) is 17.4. The highest BCUT2D eigenvalue weighted by molar-refractivity contribution is 7.86. The molecule has 0 radical (unpaired) electrons. The van der Waals surface area contributed by atoms with Crippen molar-refractivity contribution in [1.29, 1.82) is 0 Å². The van der Waals surface area contributed by atoms with Gasteiger partial charge >= 0.3 is 6.09 Å². The zero-order valence-electron chi connectivity index (χ0n) is 69.7. The maximum absolute atomic E-state index is 13.8. The summed E-state index contributed by atoms with van der Waals surface area (Å²) < 4.78 is 223. The minimum atomic E-state index is -4.38. The fraction of sp³-hybridized carbons (Fsp3) is 0.622. The largest absolute Gasteiger partial charge is 0.490 e. The van der Waals surface area contributed by atoms with E-state index in [0.717, 1.165) is 42.9 Å². The minimum Gasteiger partial charge on any atom is -0.490 e. The van der Waals surface area contributed by atoms with Crippen molar-refractivity contribution in [2.45, 2.75) is 155 Å². The number of hydrazine groups is 4. The lowest BCUT2D eigenvalue weighted by atomic mass is 10.1. The average Bonchev–Trinajstić information content (AvgIpc) is 0.899. The van der Waals surface area contributed by atoms with Crippen molar-refractivity contribution in [1.82, 2.24) is 63.0 Å². The number of amides is 4. The first-order chi connectivity index (χ1) is 58.8. The number of rotatable bonds is 66. The molecule has 6 rings (SSSR count). The summed E-state index contributed by atoms with van der Waals surface area (Å²) in [4.78, 5) is 56.4. The van der Waals surface area contributed by atoms with Crippen molar-refractivity contribution in [3.8, 4) is 51.7 Å². The van der Waals surface area contributed by atoms with Gasteiger partial charge in [-0.3, -0.25) is 51.8 Å². The molecular weight excluding hydrogens is 1740 g/mol. The normalized spacial score (nSPS) is 13.0. The van der Waals surface area contributed by atoms with E-state index in [1.54, 1.807) is 37.9 Å². The molecule has 1 aromatic heterocycles. The van der Waals surface area contributed by atoms with Crippen molar-refractivity contribution in [3.63, 3.8) is 0 Å². The molecule has 50 heteroatoms. The molecule has 0 atom stereocenters. The Bertz CT molecular complexity index is 4640. The quantitative estimate of drug-likeness (QED) is 0.00835. The van der Waals surface area contributed by atoms with Gasteiger partial charge in [-0.1, -0.05) is 5.11 Å². The molecule has 698 valence electrons. The van der Waals surface area contributed by atoms with Gasteiger partial charge < -0.3 is 90.3 Å². The summed E-state index contributed by atoms with van der Waals surface area (Å²) in [6.07, 6.45) is 12.3. The molecule has 2 aliphatic heterocycles. The molecule has 0 saturated carbocycles. The number of allylic oxidation sites excluding steroid dienone is 2. The fourth-order valence-corrected chi connectivity index (χ4v) is 14.0. The number of carbonyl (C=O) groups is 4. The van der Waals surface area contributed by atoms with Crippen LogP contribution in [0.5, 0.6) is 51.7 Å². The van der Waals surface area contributed by atoms with E-state index in [2.05, 4.69) is 64.5 Å². The Labute approximate surface area is 722 Å². The molecule has 0 saturated heterocycles. The Morgan fingerprint density at radius 3 is 1.08 bits per heavy atom. The first-order valence-electron chi connectivity index (χ1n) is 40.5. The van der Waals surface area contributed by atoms with Crippen molar-refractivity contribution >= 4 is 74.4 Å². The average molecular weight is 1860 g/mol. The number of benzene rings is 3. The van der Waals surface area contributed by atoms with Crippen LogP contribution in [0.1, 0.15) is 173 Å². The van der Waals surface area contributed by atoms with E-state index in [9.17, 15) is 84.0 Å². The maximum Gasteiger partial charge on any atom is 0.407 e. The molecule has 16 N–H and O–H groups in total. The number of aromatic nitrogens is 2. The second-order valence-electron chi connectivity index (χ2n) is 29.4. The summed E-state index contributed by atoms with van der Waals surface area (Å²) in [5.74, 6) is -4.64. The molecule has 3 aromatic carbocycles. The first-order valence-corrected chi connectivity index (χ1v) is 48.6. The lowest BCUT2D eigenvalue weighted by molar-refractivity contribution is 0.0524. The number of aromatic amines is 1. The van der Waals surface area contributed by atoms with Crippen molar-refractivity contribution in [3.05, 3.63) is 99.2 Å². The van der Waals surface area contributed by atoms with E-state index >= 15 is 0 Å². The molecule has 0 unspecified atom stereocenters. The van der Waals surface area contributed by atoms with Crippen molar-refractivity contribution < 1.29 is 131 Å². The topological polar surface area (TPSA) is 631 Å². The van der Waals surface area contributed by atoms with E-state index in [4.69, 9.17) is 58.6 Å². The van der Waals surface area contributed by atoms with Crippen LogP contribution in [0.15, 0.2) is 71.5 Å². The lowest BCUT2D eigenvalue weighted by Gasteiger charge is -2.20. The molecular formula is C74H118N16O29S5. The van der Waals surface area contributed by atoms with Gasteiger partial charge in [-0.2, -0.15) is 42.1 Å². The third kappa shape index (κ3) is 43.8. The SMILES string of the molecule is CC(C)(C)OC(=O)NCCCOc1c(OCCCS(=O)(=O)O)cc(C(=O)NCCCN2C=C(CCCCOc3c(OCCCCC4=CN(CCCNC(=O)c5cc(OCCCS(=O)(=O)O)c(OCCCS(=O)(=O)O)c(OCCCS(=O)(=O)O)c5)NN4)cc(C(=O)NCCCN=[N+]=[N-])cc3OCCCCc3cn(CCCN)[nH]3)NN2)cc1OCCCS(=O)(=O)O. The lowest BCUT2D eigenvalue weighted by Crippen LogP contribution is -2.38. The monoisotopic (exact) mass is 1850 g/mol. The second kappa shape index (κ2) is 52.9. The van der Waals surface area contributed by atoms with Crippen LogP contribution in [0, 0.1) is 0 Å². The van der Waals surface area contributed by atoms with Crippen LogP contribution in [0.4, 0.5) is 4.79 Å². The van der Waals surface area contributed by atoms with Gasteiger partial charge in [-0.25, -0.2) is 4.79 Å². The van der Waals surface area contributed by atoms with E-state index in [1.807, 2.05) is 22.1 Å². The highest BCUT2D eigenvalue weighted by Gasteiger charge is 2.26. The minimum absolute atomic E-state index is 0.0263. The number of nitrogens with one attached hydrogen (secondary N) is 9. The van der Waals surface area contributed by atoms with E-state index in [0.29, 0.717) is 95.3 Å². The van der Waals surface area contributed by atoms with Gasteiger partial charge in [0.05, 0.1) is 88.2 Å².